The quantitative estimate of drug-likeness (QED) is 0.866. The highest BCUT2D eigenvalue weighted by molar-refractivity contribution is 5.83. The molecule has 1 aliphatic rings. The molecular weight excluding hydrogens is 233 g/mol. The molecule has 0 atom stereocenters. The number of hydrogen-bond donors (Lipinski definition) is 2. The standard InChI is InChI=1S/C14H18FNO2/c1-10-6-8-14(9-7-10,13(17)18)16-12-4-2-11(15)3-5-12/h2-5,10,16H,6-9H2,1H3,(H,17,18). The number of nitrogens with one attached hydrogen (secondary N) is 1. The van der Waals surface area contributed by atoms with E-state index in [9.17, 15) is 14.3 Å². The second-order valence-corrected chi connectivity index (χ2v) is 5.20. The molecule has 0 bridgehead atoms. The fourth-order valence-corrected chi connectivity index (χ4v) is 2.46. The van der Waals surface area contributed by atoms with Crippen molar-refractivity contribution < 1.29 is 14.3 Å². The summed E-state index contributed by atoms with van der Waals surface area (Å²) in [7, 11) is 0. The van der Waals surface area contributed by atoms with Gasteiger partial charge in [-0.25, -0.2) is 9.18 Å². The lowest BCUT2D eigenvalue weighted by molar-refractivity contribution is -0.143. The van der Waals surface area contributed by atoms with Gasteiger partial charge in [-0.05, 0) is 55.9 Å². The van der Waals surface area contributed by atoms with Gasteiger partial charge in [-0.2, -0.15) is 0 Å². The zero-order chi connectivity index (χ0) is 13.2. The first kappa shape index (κ1) is 12.9. The molecule has 2 rings (SSSR count). The van der Waals surface area contributed by atoms with Crippen LogP contribution in [0.15, 0.2) is 24.3 Å². The molecule has 98 valence electrons. The van der Waals surface area contributed by atoms with E-state index < -0.39 is 11.5 Å². The second-order valence-electron chi connectivity index (χ2n) is 5.20. The van der Waals surface area contributed by atoms with Crippen LogP contribution in [0.25, 0.3) is 0 Å². The lowest BCUT2D eigenvalue weighted by Gasteiger charge is -2.37. The zero-order valence-electron chi connectivity index (χ0n) is 10.4. The van der Waals surface area contributed by atoms with Crippen LogP contribution in [-0.4, -0.2) is 16.6 Å². The average molecular weight is 251 g/mol. The summed E-state index contributed by atoms with van der Waals surface area (Å²) in [4.78, 5) is 11.5. The maximum absolute atomic E-state index is 12.8. The first-order valence-corrected chi connectivity index (χ1v) is 6.29. The molecule has 0 aromatic heterocycles. The molecular formula is C14H18FNO2. The van der Waals surface area contributed by atoms with Crippen LogP contribution >= 0.6 is 0 Å². The summed E-state index contributed by atoms with van der Waals surface area (Å²) in [6.07, 6.45) is 3.03. The highest BCUT2D eigenvalue weighted by atomic mass is 19.1. The summed E-state index contributed by atoms with van der Waals surface area (Å²) in [5.74, 6) is -0.562. The molecule has 1 aromatic carbocycles. The van der Waals surface area contributed by atoms with Crippen molar-refractivity contribution in [3.63, 3.8) is 0 Å². The predicted octanol–water partition coefficient (Wildman–Crippen LogP) is 3.27. The van der Waals surface area contributed by atoms with Crippen LogP contribution in [0.1, 0.15) is 32.6 Å². The molecule has 1 saturated carbocycles. The normalized spacial score (nSPS) is 27.8. The van der Waals surface area contributed by atoms with Gasteiger partial charge in [0.15, 0.2) is 0 Å². The van der Waals surface area contributed by atoms with Gasteiger partial charge < -0.3 is 10.4 Å². The number of halogens is 1. The third-order valence-corrected chi connectivity index (χ3v) is 3.77. The summed E-state index contributed by atoms with van der Waals surface area (Å²) in [6.45, 7) is 2.14. The van der Waals surface area contributed by atoms with Crippen LogP contribution in [0, 0.1) is 11.7 Å². The van der Waals surface area contributed by atoms with Crippen LogP contribution in [0.2, 0.25) is 0 Å². The molecule has 1 aliphatic carbocycles. The molecule has 1 fully saturated rings. The van der Waals surface area contributed by atoms with Crippen molar-refractivity contribution in [1.29, 1.82) is 0 Å². The van der Waals surface area contributed by atoms with E-state index in [1.165, 1.54) is 12.1 Å². The molecule has 4 heteroatoms. The first-order chi connectivity index (χ1) is 8.52. The zero-order valence-corrected chi connectivity index (χ0v) is 10.4. The molecule has 2 N–H and O–H groups in total. The SMILES string of the molecule is CC1CCC(Nc2ccc(F)cc2)(C(=O)O)CC1. The summed E-state index contributed by atoms with van der Waals surface area (Å²) < 4.78 is 12.8. The van der Waals surface area contributed by atoms with E-state index in [2.05, 4.69) is 12.2 Å². The lowest BCUT2D eigenvalue weighted by Crippen LogP contribution is -2.48. The molecule has 0 unspecified atom stereocenters. The Labute approximate surface area is 106 Å². The monoisotopic (exact) mass is 251 g/mol. The Kier molecular flexibility index (Phi) is 3.55. The van der Waals surface area contributed by atoms with Crippen molar-refractivity contribution in [1.82, 2.24) is 0 Å². The van der Waals surface area contributed by atoms with Gasteiger partial charge in [0.2, 0.25) is 0 Å². The Balaban J connectivity index is 2.16. The van der Waals surface area contributed by atoms with E-state index in [0.29, 0.717) is 24.4 Å². The fraction of sp³-hybridized carbons (Fsp3) is 0.500. The van der Waals surface area contributed by atoms with Crippen molar-refractivity contribution in [2.45, 2.75) is 38.1 Å². The van der Waals surface area contributed by atoms with Gasteiger partial charge in [0.05, 0.1) is 0 Å². The Morgan fingerprint density at radius 3 is 2.39 bits per heavy atom. The molecule has 0 aliphatic heterocycles. The van der Waals surface area contributed by atoms with Gasteiger partial charge in [0, 0.05) is 5.69 Å². The summed E-state index contributed by atoms with van der Waals surface area (Å²) in [5.41, 5.74) is -0.238. The van der Waals surface area contributed by atoms with E-state index in [1.807, 2.05) is 0 Å². The van der Waals surface area contributed by atoms with Crippen molar-refractivity contribution in [3.05, 3.63) is 30.1 Å². The minimum atomic E-state index is -0.898. The molecule has 0 spiro atoms. The molecule has 3 nitrogen and oxygen atoms in total. The van der Waals surface area contributed by atoms with Crippen LogP contribution in [0.5, 0.6) is 0 Å². The second kappa shape index (κ2) is 4.96. The maximum atomic E-state index is 12.8. The van der Waals surface area contributed by atoms with E-state index >= 15 is 0 Å². The highest BCUT2D eigenvalue weighted by Gasteiger charge is 2.41. The molecule has 0 heterocycles. The largest absolute Gasteiger partial charge is 0.480 e. The molecule has 0 saturated heterocycles. The smallest absolute Gasteiger partial charge is 0.329 e. The Hall–Kier alpha value is -1.58. The molecule has 18 heavy (non-hydrogen) atoms. The van der Waals surface area contributed by atoms with Crippen molar-refractivity contribution in [3.8, 4) is 0 Å². The Bertz CT molecular complexity index is 422. The van der Waals surface area contributed by atoms with Gasteiger partial charge in [-0.3, -0.25) is 0 Å². The minimum Gasteiger partial charge on any atom is -0.480 e. The maximum Gasteiger partial charge on any atom is 0.329 e. The third-order valence-electron chi connectivity index (χ3n) is 3.77. The van der Waals surface area contributed by atoms with Crippen molar-refractivity contribution in [2.75, 3.05) is 5.32 Å². The van der Waals surface area contributed by atoms with Crippen molar-refractivity contribution >= 4 is 11.7 Å². The molecule has 0 amide bonds. The highest BCUT2D eigenvalue weighted by Crippen LogP contribution is 2.34. The Morgan fingerprint density at radius 2 is 1.89 bits per heavy atom. The van der Waals surface area contributed by atoms with E-state index in [0.717, 1.165) is 12.8 Å². The third kappa shape index (κ3) is 2.63. The lowest BCUT2D eigenvalue weighted by atomic mass is 9.77. The van der Waals surface area contributed by atoms with Gasteiger partial charge in [0.25, 0.3) is 0 Å². The minimum absolute atomic E-state index is 0.317. The topological polar surface area (TPSA) is 49.3 Å². The van der Waals surface area contributed by atoms with E-state index in [1.54, 1.807) is 12.1 Å². The number of carboxylic acids is 1. The van der Waals surface area contributed by atoms with Gasteiger partial charge >= 0.3 is 5.97 Å². The van der Waals surface area contributed by atoms with Crippen LogP contribution in [-0.2, 0) is 4.79 Å². The van der Waals surface area contributed by atoms with Crippen LogP contribution in [0.3, 0.4) is 0 Å². The number of aliphatic carboxylic acids is 1. The molecule has 0 radical (unpaired) electrons. The summed E-state index contributed by atoms with van der Waals surface area (Å²) in [5, 5.41) is 12.5. The summed E-state index contributed by atoms with van der Waals surface area (Å²) >= 11 is 0. The number of anilines is 1. The number of benzene rings is 1. The van der Waals surface area contributed by atoms with Gasteiger partial charge in [-0.1, -0.05) is 6.92 Å². The number of hydrogen-bond acceptors (Lipinski definition) is 2. The van der Waals surface area contributed by atoms with Gasteiger partial charge in [-0.15, -0.1) is 0 Å². The Morgan fingerprint density at radius 1 is 1.33 bits per heavy atom. The first-order valence-electron chi connectivity index (χ1n) is 6.29. The van der Waals surface area contributed by atoms with Crippen molar-refractivity contribution in [2.24, 2.45) is 5.92 Å². The average Bonchev–Trinajstić information content (AvgIpc) is 2.35. The number of carbonyl (C=O) groups is 1. The molecule has 1 aromatic rings. The number of carboxylic acid groups (broad SMARTS) is 1. The number of rotatable bonds is 3. The fourth-order valence-electron chi connectivity index (χ4n) is 2.46. The summed E-state index contributed by atoms with van der Waals surface area (Å²) in [6, 6.07) is 5.84. The van der Waals surface area contributed by atoms with Gasteiger partial charge in [0.1, 0.15) is 11.4 Å². The van der Waals surface area contributed by atoms with E-state index in [4.69, 9.17) is 0 Å². The van der Waals surface area contributed by atoms with E-state index in [-0.39, 0.29) is 5.82 Å². The van der Waals surface area contributed by atoms with Crippen LogP contribution < -0.4 is 5.32 Å². The van der Waals surface area contributed by atoms with Crippen LogP contribution in [0.4, 0.5) is 10.1 Å². The predicted molar refractivity (Wildman–Crippen MR) is 68.0 cm³/mol.